The summed E-state index contributed by atoms with van der Waals surface area (Å²) in [6, 6.07) is 0. The van der Waals surface area contributed by atoms with Gasteiger partial charge in [-0.15, -0.1) is 10.2 Å². The zero-order valence-corrected chi connectivity index (χ0v) is 11.9. The second-order valence-electron chi connectivity index (χ2n) is 4.07. The Kier molecular flexibility index (Phi) is 7.32. The van der Waals surface area contributed by atoms with E-state index in [0.717, 1.165) is 30.7 Å². The van der Waals surface area contributed by atoms with Crippen molar-refractivity contribution in [2.24, 2.45) is 0 Å². The third-order valence-corrected chi connectivity index (χ3v) is 3.27. The van der Waals surface area contributed by atoms with Gasteiger partial charge in [-0.25, -0.2) is 4.79 Å². The van der Waals surface area contributed by atoms with Crippen LogP contribution in [-0.4, -0.2) is 22.9 Å². The van der Waals surface area contributed by atoms with Crippen LogP contribution in [0.5, 0.6) is 0 Å². The second-order valence-corrected chi connectivity index (χ2v) is 5.13. The quantitative estimate of drug-likeness (QED) is 0.733. The van der Waals surface area contributed by atoms with Crippen LogP contribution in [0.4, 0.5) is 9.93 Å². The fourth-order valence-electron chi connectivity index (χ4n) is 1.44. The molecule has 0 bridgehead atoms. The van der Waals surface area contributed by atoms with Gasteiger partial charge in [0.2, 0.25) is 5.13 Å². The molecular weight excluding hydrogens is 250 g/mol. The third-order valence-electron chi connectivity index (χ3n) is 2.37. The van der Waals surface area contributed by atoms with E-state index in [-0.39, 0.29) is 0 Å². The normalized spacial score (nSPS) is 10.3. The first-order chi connectivity index (χ1) is 8.76. The molecule has 0 saturated carbocycles. The minimum absolute atomic E-state index is 0.439. The number of hydrogen-bond acceptors (Lipinski definition) is 5. The highest BCUT2D eigenvalue weighted by atomic mass is 32.1. The number of nitrogens with zero attached hydrogens (tertiary/aromatic N) is 2. The number of carbonyl (C=O) groups is 1. The molecule has 0 saturated heterocycles. The lowest BCUT2D eigenvalue weighted by Gasteiger charge is -2.03. The summed E-state index contributed by atoms with van der Waals surface area (Å²) in [5, 5.41) is 11.9. The van der Waals surface area contributed by atoms with E-state index in [1.165, 1.54) is 24.2 Å². The van der Waals surface area contributed by atoms with E-state index < -0.39 is 6.09 Å². The summed E-state index contributed by atoms with van der Waals surface area (Å²) in [4.78, 5) is 11.4. The number of anilines is 1. The molecule has 0 atom stereocenters. The molecule has 1 N–H and O–H groups in total. The number of rotatable bonds is 8. The summed E-state index contributed by atoms with van der Waals surface area (Å²) in [5.41, 5.74) is 0. The number of amides is 1. The lowest BCUT2D eigenvalue weighted by molar-refractivity contribution is 0.159. The zero-order chi connectivity index (χ0) is 13.2. The Morgan fingerprint density at radius 2 is 2.06 bits per heavy atom. The monoisotopic (exact) mass is 271 g/mol. The SMILES string of the molecule is CCCCCCOC(=O)Nc1nnc(CCC)s1. The Morgan fingerprint density at radius 1 is 1.22 bits per heavy atom. The molecule has 1 amide bonds. The molecule has 1 aromatic rings. The maximum atomic E-state index is 11.4. The van der Waals surface area contributed by atoms with Gasteiger partial charge in [0, 0.05) is 6.42 Å². The van der Waals surface area contributed by atoms with Gasteiger partial charge in [-0.3, -0.25) is 5.32 Å². The molecule has 0 fully saturated rings. The molecule has 18 heavy (non-hydrogen) atoms. The van der Waals surface area contributed by atoms with Crippen LogP contribution in [0, 0.1) is 0 Å². The molecule has 6 heteroatoms. The van der Waals surface area contributed by atoms with Crippen molar-refractivity contribution in [3.8, 4) is 0 Å². The Balaban J connectivity index is 2.18. The molecule has 1 heterocycles. The topological polar surface area (TPSA) is 64.1 Å². The lowest BCUT2D eigenvalue weighted by atomic mass is 10.2. The number of carbonyl (C=O) groups excluding carboxylic acids is 1. The standard InChI is InChI=1S/C12H21N3O2S/c1-3-5-6-7-9-17-12(16)13-11-15-14-10(18-11)8-4-2/h3-9H2,1-2H3,(H,13,15,16). The van der Waals surface area contributed by atoms with E-state index in [9.17, 15) is 4.79 Å². The van der Waals surface area contributed by atoms with Gasteiger partial charge in [0.25, 0.3) is 0 Å². The van der Waals surface area contributed by atoms with Gasteiger partial charge in [0.05, 0.1) is 6.61 Å². The van der Waals surface area contributed by atoms with Gasteiger partial charge in [0.15, 0.2) is 0 Å². The van der Waals surface area contributed by atoms with Gasteiger partial charge in [-0.2, -0.15) is 0 Å². The van der Waals surface area contributed by atoms with E-state index in [1.807, 2.05) is 0 Å². The average molecular weight is 271 g/mol. The fraction of sp³-hybridized carbons (Fsp3) is 0.750. The predicted molar refractivity (Wildman–Crippen MR) is 73.0 cm³/mol. The Hall–Kier alpha value is -1.17. The summed E-state index contributed by atoms with van der Waals surface area (Å²) in [6.07, 6.45) is 5.86. The van der Waals surface area contributed by atoms with Crippen molar-refractivity contribution >= 4 is 22.6 Å². The van der Waals surface area contributed by atoms with Crippen LogP contribution in [0.15, 0.2) is 0 Å². The summed E-state index contributed by atoms with van der Waals surface area (Å²) in [7, 11) is 0. The van der Waals surface area contributed by atoms with Crippen molar-refractivity contribution in [2.75, 3.05) is 11.9 Å². The molecule has 0 aromatic carbocycles. The third kappa shape index (κ3) is 5.95. The van der Waals surface area contributed by atoms with Crippen LogP contribution < -0.4 is 5.32 Å². The molecular formula is C12H21N3O2S. The smallest absolute Gasteiger partial charge is 0.413 e. The van der Waals surface area contributed by atoms with E-state index >= 15 is 0 Å². The first kappa shape index (κ1) is 14.9. The fourth-order valence-corrected chi connectivity index (χ4v) is 2.26. The van der Waals surface area contributed by atoms with Crippen molar-refractivity contribution in [1.29, 1.82) is 0 Å². The summed E-state index contributed by atoms with van der Waals surface area (Å²) < 4.78 is 5.05. The minimum atomic E-state index is -0.439. The van der Waals surface area contributed by atoms with Gasteiger partial charge in [-0.1, -0.05) is 44.4 Å². The van der Waals surface area contributed by atoms with Crippen molar-refractivity contribution in [2.45, 2.75) is 52.4 Å². The largest absolute Gasteiger partial charge is 0.449 e. The highest BCUT2D eigenvalue weighted by molar-refractivity contribution is 7.15. The van der Waals surface area contributed by atoms with Gasteiger partial charge < -0.3 is 4.74 Å². The van der Waals surface area contributed by atoms with Crippen LogP contribution in [0.3, 0.4) is 0 Å². The second kappa shape index (κ2) is 8.85. The molecule has 102 valence electrons. The van der Waals surface area contributed by atoms with E-state index in [2.05, 4.69) is 29.4 Å². The molecule has 1 aromatic heterocycles. The molecule has 0 radical (unpaired) electrons. The zero-order valence-electron chi connectivity index (χ0n) is 11.1. The number of aromatic nitrogens is 2. The maximum absolute atomic E-state index is 11.4. The van der Waals surface area contributed by atoms with E-state index in [1.54, 1.807) is 0 Å². The van der Waals surface area contributed by atoms with Crippen LogP contribution in [0.25, 0.3) is 0 Å². The first-order valence-corrected chi connectivity index (χ1v) is 7.34. The van der Waals surface area contributed by atoms with E-state index in [0.29, 0.717) is 11.7 Å². The molecule has 0 aliphatic heterocycles. The summed E-state index contributed by atoms with van der Waals surface area (Å²) in [6.45, 7) is 4.70. The Morgan fingerprint density at radius 3 is 2.78 bits per heavy atom. The first-order valence-electron chi connectivity index (χ1n) is 6.52. The number of hydrogen-bond donors (Lipinski definition) is 1. The minimum Gasteiger partial charge on any atom is -0.449 e. The highest BCUT2D eigenvalue weighted by Gasteiger charge is 2.08. The molecule has 0 unspecified atom stereocenters. The lowest BCUT2D eigenvalue weighted by Crippen LogP contribution is -2.14. The summed E-state index contributed by atoms with van der Waals surface area (Å²) >= 11 is 1.40. The van der Waals surface area contributed by atoms with Crippen molar-refractivity contribution in [3.63, 3.8) is 0 Å². The predicted octanol–water partition coefficient (Wildman–Crippen LogP) is 3.62. The Bertz CT molecular complexity index is 355. The number of aryl methyl sites for hydroxylation is 1. The van der Waals surface area contributed by atoms with Crippen LogP contribution in [0.2, 0.25) is 0 Å². The van der Waals surface area contributed by atoms with Crippen LogP contribution in [0.1, 0.15) is 51.0 Å². The summed E-state index contributed by atoms with van der Waals surface area (Å²) in [5.74, 6) is 0. The molecule has 0 spiro atoms. The molecule has 0 aliphatic carbocycles. The molecule has 5 nitrogen and oxygen atoms in total. The van der Waals surface area contributed by atoms with Gasteiger partial charge >= 0.3 is 6.09 Å². The number of nitrogens with one attached hydrogen (secondary N) is 1. The number of unbranched alkanes of at least 4 members (excludes halogenated alkanes) is 3. The van der Waals surface area contributed by atoms with Crippen molar-refractivity contribution in [1.82, 2.24) is 10.2 Å². The highest BCUT2D eigenvalue weighted by Crippen LogP contribution is 2.16. The van der Waals surface area contributed by atoms with Gasteiger partial charge in [0.1, 0.15) is 5.01 Å². The van der Waals surface area contributed by atoms with E-state index in [4.69, 9.17) is 4.74 Å². The van der Waals surface area contributed by atoms with Gasteiger partial charge in [-0.05, 0) is 12.8 Å². The average Bonchev–Trinajstić information content (AvgIpc) is 2.77. The van der Waals surface area contributed by atoms with Crippen LogP contribution >= 0.6 is 11.3 Å². The Labute approximate surface area is 112 Å². The molecule has 0 aliphatic rings. The maximum Gasteiger partial charge on any atom is 0.413 e. The van der Waals surface area contributed by atoms with Crippen molar-refractivity contribution < 1.29 is 9.53 Å². The number of ether oxygens (including phenoxy) is 1. The van der Waals surface area contributed by atoms with Crippen molar-refractivity contribution in [3.05, 3.63) is 5.01 Å². The van der Waals surface area contributed by atoms with Crippen LogP contribution in [-0.2, 0) is 11.2 Å². The molecule has 1 rings (SSSR count).